The van der Waals surface area contributed by atoms with Crippen LogP contribution >= 0.6 is 43.2 Å². The van der Waals surface area contributed by atoms with Crippen LogP contribution in [0.2, 0.25) is 0 Å². The average molecular weight is 594 g/mol. The minimum atomic E-state index is -1.13. The molecule has 2 aliphatic rings. The summed E-state index contributed by atoms with van der Waals surface area (Å²) in [6.07, 6.45) is -0.0816. The maximum absolute atomic E-state index is 12.3. The van der Waals surface area contributed by atoms with Crippen LogP contribution in [0.3, 0.4) is 0 Å². The van der Waals surface area contributed by atoms with Gasteiger partial charge in [0.2, 0.25) is 6.23 Å². The van der Waals surface area contributed by atoms with Crippen molar-refractivity contribution in [3.05, 3.63) is 72.3 Å². The minimum absolute atomic E-state index is 0.0105. The number of hydrogen-bond donors (Lipinski definition) is 1. The van der Waals surface area contributed by atoms with Crippen LogP contribution in [0.5, 0.6) is 17.2 Å². The molecule has 33 heavy (non-hydrogen) atoms. The number of halogens is 2. The largest absolute Gasteiger partial charge is 0.493 e. The van der Waals surface area contributed by atoms with Crippen molar-refractivity contribution in [2.75, 3.05) is 14.2 Å². The van der Waals surface area contributed by atoms with Crippen LogP contribution < -0.4 is 14.2 Å². The molecule has 1 N–H and O–H groups in total. The highest BCUT2D eigenvalue weighted by Gasteiger charge is 2.43. The smallest absolute Gasteiger partial charge is 0.340 e. The van der Waals surface area contributed by atoms with Crippen LogP contribution in [0, 0.1) is 0 Å². The van der Waals surface area contributed by atoms with Gasteiger partial charge in [0.25, 0.3) is 0 Å². The molecule has 2 aliphatic heterocycles. The third-order valence-corrected chi connectivity index (χ3v) is 7.83. The molecule has 5 rings (SSSR count). The van der Waals surface area contributed by atoms with Crippen molar-refractivity contribution in [1.82, 2.24) is 5.01 Å². The van der Waals surface area contributed by atoms with Crippen LogP contribution in [-0.2, 0) is 0 Å². The molecule has 2 atom stereocenters. The average Bonchev–Trinajstić information content (AvgIpc) is 3.44. The Balaban J connectivity index is 1.68. The maximum Gasteiger partial charge on any atom is 0.340 e. The summed E-state index contributed by atoms with van der Waals surface area (Å²) in [4.78, 5) is 13.4. The van der Waals surface area contributed by atoms with E-state index in [-0.39, 0.29) is 17.4 Å². The van der Waals surface area contributed by atoms with Gasteiger partial charge in [-0.3, -0.25) is 0 Å². The van der Waals surface area contributed by atoms with E-state index < -0.39 is 12.2 Å². The summed E-state index contributed by atoms with van der Waals surface area (Å²) in [6.45, 7) is 0. The van der Waals surface area contributed by atoms with E-state index in [1.165, 1.54) is 14.2 Å². The number of hydrazone groups is 1. The zero-order valence-electron chi connectivity index (χ0n) is 17.5. The molecule has 3 aromatic rings. The minimum Gasteiger partial charge on any atom is -0.493 e. The zero-order valence-corrected chi connectivity index (χ0v) is 21.5. The van der Waals surface area contributed by atoms with E-state index in [1.54, 1.807) is 23.5 Å². The van der Waals surface area contributed by atoms with E-state index in [0.717, 1.165) is 24.4 Å². The Bertz CT molecular complexity index is 1290. The first-order chi connectivity index (χ1) is 15.9. The number of aromatic carboxylic acids is 1. The fourth-order valence-electron chi connectivity index (χ4n) is 4.25. The van der Waals surface area contributed by atoms with Gasteiger partial charge >= 0.3 is 5.97 Å². The highest BCUT2D eigenvalue weighted by molar-refractivity contribution is 9.11. The van der Waals surface area contributed by atoms with Crippen molar-refractivity contribution < 1.29 is 24.1 Å². The topological polar surface area (TPSA) is 80.6 Å². The van der Waals surface area contributed by atoms with Crippen molar-refractivity contribution >= 4 is 54.9 Å². The number of rotatable bonds is 5. The van der Waals surface area contributed by atoms with Gasteiger partial charge in [0.15, 0.2) is 11.5 Å². The third kappa shape index (κ3) is 3.79. The van der Waals surface area contributed by atoms with Crippen molar-refractivity contribution in [2.45, 2.75) is 18.7 Å². The Morgan fingerprint density at radius 2 is 1.97 bits per heavy atom. The number of fused-ring (bicyclic) bond motifs is 3. The molecule has 3 heterocycles. The van der Waals surface area contributed by atoms with Gasteiger partial charge < -0.3 is 19.3 Å². The summed E-state index contributed by atoms with van der Waals surface area (Å²) in [5.41, 5.74) is 2.35. The van der Waals surface area contributed by atoms with Gasteiger partial charge in [-0.05, 0) is 58.4 Å². The molecule has 0 fully saturated rings. The predicted octanol–water partition coefficient (Wildman–Crippen LogP) is 6.23. The Morgan fingerprint density at radius 3 is 2.64 bits per heavy atom. The summed E-state index contributed by atoms with van der Waals surface area (Å²) >= 11 is 8.68. The Labute approximate surface area is 210 Å². The molecule has 0 saturated heterocycles. The molecule has 0 amide bonds. The van der Waals surface area contributed by atoms with E-state index in [2.05, 4.69) is 31.9 Å². The molecule has 7 nitrogen and oxygen atoms in total. The predicted molar refractivity (Wildman–Crippen MR) is 132 cm³/mol. The first-order valence-electron chi connectivity index (χ1n) is 9.97. The summed E-state index contributed by atoms with van der Waals surface area (Å²) < 4.78 is 19.1. The van der Waals surface area contributed by atoms with Crippen molar-refractivity contribution in [3.63, 3.8) is 0 Å². The molecule has 0 radical (unpaired) electrons. The molecule has 0 aliphatic carbocycles. The summed E-state index contributed by atoms with van der Waals surface area (Å²) in [7, 11) is 2.90. The second-order valence-electron chi connectivity index (χ2n) is 7.47. The number of carboxylic acids is 1. The first kappa shape index (κ1) is 22.2. The maximum atomic E-state index is 12.3. The Morgan fingerprint density at radius 1 is 1.15 bits per heavy atom. The van der Waals surface area contributed by atoms with E-state index in [0.29, 0.717) is 23.5 Å². The molecule has 0 saturated carbocycles. The number of nitrogens with zero attached hydrogens (tertiary/aromatic N) is 2. The standard InChI is InChI=1S/C23H18Br2N2O5S/c1-30-17-6-4-12(20(23(28)29)21(17)31-2)22-27-15(13-9-11(24)3-5-16(13)32-22)10-14(26-27)18-7-8-19(25)33-18/h3-9,15,22H,10H2,1-2H3,(H,28,29)/t15-,22+/m1/s1. The second-order valence-corrected chi connectivity index (χ2v) is 10.9. The number of hydrogen-bond acceptors (Lipinski definition) is 7. The third-order valence-electron chi connectivity index (χ3n) is 5.67. The van der Waals surface area contributed by atoms with Crippen molar-refractivity contribution in [2.24, 2.45) is 5.10 Å². The van der Waals surface area contributed by atoms with Gasteiger partial charge in [0.05, 0.1) is 34.6 Å². The lowest BCUT2D eigenvalue weighted by molar-refractivity contribution is -0.0199. The molecule has 0 unspecified atom stereocenters. The quantitative estimate of drug-likeness (QED) is 0.378. The molecular weight excluding hydrogens is 576 g/mol. The number of carbonyl (C=O) groups is 1. The molecular formula is C23H18Br2N2O5S. The Hall–Kier alpha value is -2.56. The van der Waals surface area contributed by atoms with Crippen molar-refractivity contribution in [3.8, 4) is 17.2 Å². The molecule has 0 spiro atoms. The highest BCUT2D eigenvalue weighted by atomic mass is 79.9. The lowest BCUT2D eigenvalue weighted by atomic mass is 9.96. The van der Waals surface area contributed by atoms with Crippen LogP contribution in [0.1, 0.15) is 45.1 Å². The number of methoxy groups -OCH3 is 2. The molecule has 0 bridgehead atoms. The SMILES string of the molecule is COc1ccc([C@@H]2Oc3ccc(Br)cc3[C@H]3CC(c4ccc(Br)s4)=NN32)c(C(=O)O)c1OC. The van der Waals surface area contributed by atoms with E-state index in [9.17, 15) is 9.90 Å². The normalized spacial score (nSPS) is 18.8. The van der Waals surface area contributed by atoms with Gasteiger partial charge in [-0.1, -0.05) is 15.9 Å². The zero-order chi connectivity index (χ0) is 23.3. The van der Waals surface area contributed by atoms with Gasteiger partial charge in [0.1, 0.15) is 11.3 Å². The number of ether oxygens (including phenoxy) is 3. The van der Waals surface area contributed by atoms with Gasteiger partial charge in [0, 0.05) is 22.0 Å². The second kappa shape index (κ2) is 8.66. The monoisotopic (exact) mass is 592 g/mol. The summed E-state index contributed by atoms with van der Waals surface area (Å²) in [5, 5.41) is 16.8. The number of thiophene rings is 1. The fraction of sp³-hybridized carbons (Fsp3) is 0.217. The molecule has 1 aromatic heterocycles. The molecule has 10 heteroatoms. The first-order valence-corrected chi connectivity index (χ1v) is 12.4. The molecule has 170 valence electrons. The summed E-state index contributed by atoms with van der Waals surface area (Å²) in [6, 6.07) is 13.1. The van der Waals surface area contributed by atoms with Gasteiger partial charge in [-0.15, -0.1) is 11.3 Å². The lowest BCUT2D eigenvalue weighted by Crippen LogP contribution is -2.34. The molecule has 2 aromatic carbocycles. The van der Waals surface area contributed by atoms with Crippen LogP contribution in [-0.4, -0.2) is 36.0 Å². The van der Waals surface area contributed by atoms with Gasteiger partial charge in [-0.25, -0.2) is 9.80 Å². The summed E-state index contributed by atoms with van der Waals surface area (Å²) in [5.74, 6) is 0.0479. The van der Waals surface area contributed by atoms with Crippen LogP contribution in [0.4, 0.5) is 0 Å². The van der Waals surface area contributed by atoms with Gasteiger partial charge in [-0.2, -0.15) is 5.10 Å². The van der Waals surface area contributed by atoms with Crippen molar-refractivity contribution in [1.29, 1.82) is 0 Å². The van der Waals surface area contributed by atoms with E-state index in [4.69, 9.17) is 19.3 Å². The van der Waals surface area contributed by atoms with E-state index >= 15 is 0 Å². The van der Waals surface area contributed by atoms with Crippen LogP contribution in [0.25, 0.3) is 0 Å². The van der Waals surface area contributed by atoms with Crippen LogP contribution in [0.15, 0.2) is 55.8 Å². The highest BCUT2D eigenvalue weighted by Crippen LogP contribution is 2.50. The number of carboxylic acid groups (broad SMARTS) is 1. The fourth-order valence-corrected chi connectivity index (χ4v) is 6.01. The van der Waals surface area contributed by atoms with E-state index in [1.807, 2.05) is 35.3 Å². The lowest BCUT2D eigenvalue weighted by Gasteiger charge is -2.38. The Kier molecular flexibility index (Phi) is 5.84. The number of benzene rings is 2.